The first-order valence-electron chi connectivity index (χ1n) is 7.36. The Morgan fingerprint density at radius 2 is 1.95 bits per heavy atom. The summed E-state index contributed by atoms with van der Waals surface area (Å²) in [4.78, 5) is 18.2. The highest BCUT2D eigenvalue weighted by molar-refractivity contribution is 5.91. The van der Waals surface area contributed by atoms with Gasteiger partial charge in [-0.1, -0.05) is 30.3 Å². The minimum absolute atomic E-state index is 0.0196. The summed E-state index contributed by atoms with van der Waals surface area (Å²) < 4.78 is 5.76. The number of nitrogens with zero attached hydrogens (tertiary/aromatic N) is 2. The molecule has 0 spiro atoms. The number of morpholine rings is 1. The molecule has 1 aliphatic rings. The summed E-state index contributed by atoms with van der Waals surface area (Å²) in [6, 6.07) is 13.7. The SMILES string of the molecule is O=C(/C=C/c1ccccc1)N1CCOC(c2ccncc2)C1. The Bertz CT molecular complexity index is 641. The number of benzene rings is 1. The molecule has 1 unspecified atom stereocenters. The van der Waals surface area contributed by atoms with E-state index in [1.807, 2.05) is 53.4 Å². The van der Waals surface area contributed by atoms with E-state index in [0.29, 0.717) is 19.7 Å². The van der Waals surface area contributed by atoms with Crippen LogP contribution in [-0.2, 0) is 9.53 Å². The van der Waals surface area contributed by atoms with Crippen molar-refractivity contribution in [2.75, 3.05) is 19.7 Å². The van der Waals surface area contributed by atoms with Crippen LogP contribution in [0.25, 0.3) is 6.08 Å². The van der Waals surface area contributed by atoms with Crippen molar-refractivity contribution in [1.29, 1.82) is 0 Å². The van der Waals surface area contributed by atoms with Gasteiger partial charge in [0.25, 0.3) is 0 Å². The largest absolute Gasteiger partial charge is 0.370 e. The zero-order valence-corrected chi connectivity index (χ0v) is 12.3. The van der Waals surface area contributed by atoms with Gasteiger partial charge in [0.1, 0.15) is 6.10 Å². The van der Waals surface area contributed by atoms with Crippen molar-refractivity contribution in [3.8, 4) is 0 Å². The molecule has 22 heavy (non-hydrogen) atoms. The van der Waals surface area contributed by atoms with Gasteiger partial charge in [-0.25, -0.2) is 0 Å². The zero-order chi connectivity index (χ0) is 15.2. The number of ether oxygens (including phenoxy) is 1. The molecule has 112 valence electrons. The van der Waals surface area contributed by atoms with Crippen molar-refractivity contribution in [2.45, 2.75) is 6.10 Å². The van der Waals surface area contributed by atoms with Crippen LogP contribution in [0.2, 0.25) is 0 Å². The summed E-state index contributed by atoms with van der Waals surface area (Å²) in [5, 5.41) is 0. The smallest absolute Gasteiger partial charge is 0.246 e. The lowest BCUT2D eigenvalue weighted by Crippen LogP contribution is -2.41. The predicted octanol–water partition coefficient (Wildman–Crippen LogP) is 2.69. The molecule has 1 saturated heterocycles. The highest BCUT2D eigenvalue weighted by atomic mass is 16.5. The maximum Gasteiger partial charge on any atom is 0.246 e. The quantitative estimate of drug-likeness (QED) is 0.817. The van der Waals surface area contributed by atoms with Crippen LogP contribution in [0.3, 0.4) is 0 Å². The molecular weight excluding hydrogens is 276 g/mol. The molecule has 1 amide bonds. The van der Waals surface area contributed by atoms with Crippen molar-refractivity contribution in [1.82, 2.24) is 9.88 Å². The third-order valence-electron chi connectivity index (χ3n) is 3.67. The molecule has 1 atom stereocenters. The maximum atomic E-state index is 12.3. The molecule has 0 radical (unpaired) electrons. The van der Waals surface area contributed by atoms with Gasteiger partial charge in [0.15, 0.2) is 0 Å². The third kappa shape index (κ3) is 3.59. The van der Waals surface area contributed by atoms with Crippen LogP contribution in [0, 0.1) is 0 Å². The minimum Gasteiger partial charge on any atom is -0.370 e. The van der Waals surface area contributed by atoms with Gasteiger partial charge in [0.2, 0.25) is 5.91 Å². The van der Waals surface area contributed by atoms with E-state index in [2.05, 4.69) is 4.98 Å². The summed E-state index contributed by atoms with van der Waals surface area (Å²) in [6.07, 6.45) is 6.89. The molecule has 1 fully saturated rings. The van der Waals surface area contributed by atoms with Gasteiger partial charge in [0, 0.05) is 25.0 Å². The second-order valence-corrected chi connectivity index (χ2v) is 5.17. The Kier molecular flexibility index (Phi) is 4.61. The van der Waals surface area contributed by atoms with E-state index >= 15 is 0 Å². The van der Waals surface area contributed by atoms with Gasteiger partial charge in [-0.15, -0.1) is 0 Å². The van der Waals surface area contributed by atoms with E-state index < -0.39 is 0 Å². The van der Waals surface area contributed by atoms with Gasteiger partial charge in [-0.05, 0) is 29.3 Å². The zero-order valence-electron chi connectivity index (χ0n) is 12.3. The molecule has 0 aliphatic carbocycles. The van der Waals surface area contributed by atoms with Crippen molar-refractivity contribution in [3.05, 3.63) is 72.1 Å². The fraction of sp³-hybridized carbons (Fsp3) is 0.222. The summed E-state index contributed by atoms with van der Waals surface area (Å²) in [5.41, 5.74) is 2.08. The standard InChI is InChI=1S/C18H18N2O2/c21-18(7-6-15-4-2-1-3-5-15)20-12-13-22-17(14-20)16-8-10-19-11-9-16/h1-11,17H,12-14H2/b7-6+. The number of hydrogen-bond acceptors (Lipinski definition) is 3. The lowest BCUT2D eigenvalue weighted by Gasteiger charge is -2.32. The molecule has 0 saturated carbocycles. The van der Waals surface area contributed by atoms with Crippen molar-refractivity contribution < 1.29 is 9.53 Å². The number of rotatable bonds is 3. The summed E-state index contributed by atoms with van der Waals surface area (Å²) >= 11 is 0. The second-order valence-electron chi connectivity index (χ2n) is 5.17. The summed E-state index contributed by atoms with van der Waals surface area (Å²) in [5.74, 6) is 0.0196. The van der Waals surface area contributed by atoms with E-state index in [1.54, 1.807) is 18.5 Å². The number of amides is 1. The monoisotopic (exact) mass is 294 g/mol. The molecular formula is C18H18N2O2. The summed E-state index contributed by atoms with van der Waals surface area (Å²) in [7, 11) is 0. The third-order valence-corrected chi connectivity index (χ3v) is 3.67. The Balaban J connectivity index is 1.64. The topological polar surface area (TPSA) is 42.4 Å². The van der Waals surface area contributed by atoms with Crippen LogP contribution in [0.15, 0.2) is 60.9 Å². The predicted molar refractivity (Wildman–Crippen MR) is 85.0 cm³/mol. The van der Waals surface area contributed by atoms with Gasteiger partial charge in [-0.2, -0.15) is 0 Å². The number of carbonyl (C=O) groups excluding carboxylic acids is 1. The van der Waals surface area contributed by atoms with Gasteiger partial charge >= 0.3 is 0 Å². The average Bonchev–Trinajstić information content (AvgIpc) is 2.61. The van der Waals surface area contributed by atoms with E-state index in [0.717, 1.165) is 11.1 Å². The lowest BCUT2D eigenvalue weighted by atomic mass is 10.1. The molecule has 0 bridgehead atoms. The highest BCUT2D eigenvalue weighted by Gasteiger charge is 2.24. The fourth-order valence-electron chi connectivity index (χ4n) is 2.47. The first kappa shape index (κ1) is 14.5. The molecule has 4 heteroatoms. The summed E-state index contributed by atoms with van der Waals surface area (Å²) in [6.45, 7) is 1.75. The Morgan fingerprint density at radius 1 is 1.18 bits per heavy atom. The molecule has 0 N–H and O–H groups in total. The molecule has 1 aliphatic heterocycles. The number of aromatic nitrogens is 1. The van der Waals surface area contributed by atoms with Crippen LogP contribution in [0.5, 0.6) is 0 Å². The number of hydrogen-bond donors (Lipinski definition) is 0. The van der Waals surface area contributed by atoms with E-state index in [4.69, 9.17) is 4.74 Å². The van der Waals surface area contributed by atoms with Crippen LogP contribution in [0.4, 0.5) is 0 Å². The molecule has 2 aromatic rings. The fourth-order valence-corrected chi connectivity index (χ4v) is 2.47. The molecule has 2 heterocycles. The van der Waals surface area contributed by atoms with E-state index in [9.17, 15) is 4.79 Å². The Hall–Kier alpha value is -2.46. The van der Waals surface area contributed by atoms with Crippen LogP contribution in [0.1, 0.15) is 17.2 Å². The highest BCUT2D eigenvalue weighted by Crippen LogP contribution is 2.21. The average molecular weight is 294 g/mol. The van der Waals surface area contributed by atoms with Crippen LogP contribution < -0.4 is 0 Å². The lowest BCUT2D eigenvalue weighted by molar-refractivity contribution is -0.133. The minimum atomic E-state index is -0.0779. The second kappa shape index (κ2) is 7.00. The first-order chi connectivity index (χ1) is 10.8. The van der Waals surface area contributed by atoms with E-state index in [-0.39, 0.29) is 12.0 Å². The van der Waals surface area contributed by atoms with Crippen molar-refractivity contribution in [3.63, 3.8) is 0 Å². The first-order valence-corrected chi connectivity index (χ1v) is 7.36. The van der Waals surface area contributed by atoms with Gasteiger partial charge < -0.3 is 9.64 Å². The molecule has 1 aromatic carbocycles. The molecule has 4 nitrogen and oxygen atoms in total. The maximum absolute atomic E-state index is 12.3. The Morgan fingerprint density at radius 3 is 2.73 bits per heavy atom. The molecule has 3 rings (SSSR count). The number of carbonyl (C=O) groups is 1. The van der Waals surface area contributed by atoms with E-state index in [1.165, 1.54) is 0 Å². The normalized spacial score (nSPS) is 18.5. The van der Waals surface area contributed by atoms with Crippen molar-refractivity contribution in [2.24, 2.45) is 0 Å². The van der Waals surface area contributed by atoms with Crippen LogP contribution >= 0.6 is 0 Å². The number of pyridine rings is 1. The van der Waals surface area contributed by atoms with Gasteiger partial charge in [-0.3, -0.25) is 9.78 Å². The van der Waals surface area contributed by atoms with Crippen LogP contribution in [-0.4, -0.2) is 35.5 Å². The molecule has 1 aromatic heterocycles. The van der Waals surface area contributed by atoms with Crippen molar-refractivity contribution >= 4 is 12.0 Å². The van der Waals surface area contributed by atoms with Gasteiger partial charge in [0.05, 0.1) is 13.2 Å². The Labute approximate surface area is 130 Å².